The Hall–Kier alpha value is -4.06. The van der Waals surface area contributed by atoms with E-state index in [0.29, 0.717) is 11.3 Å². The van der Waals surface area contributed by atoms with Crippen LogP contribution in [0.5, 0.6) is 5.75 Å². The van der Waals surface area contributed by atoms with Crippen LogP contribution < -0.4 is 9.64 Å². The molecule has 6 nitrogen and oxygen atoms in total. The topological polar surface area (TPSA) is 70.1 Å². The van der Waals surface area contributed by atoms with Crippen LogP contribution >= 0.6 is 0 Å². The summed E-state index contributed by atoms with van der Waals surface area (Å²) in [6.45, 7) is 0.167. The third-order valence-corrected chi connectivity index (χ3v) is 5.85. The molecule has 1 fully saturated rings. The van der Waals surface area contributed by atoms with E-state index in [1.165, 1.54) is 4.90 Å². The van der Waals surface area contributed by atoms with Gasteiger partial charge in [-0.25, -0.2) is 0 Å². The van der Waals surface area contributed by atoms with Gasteiger partial charge in [0, 0.05) is 30.9 Å². The first-order valence-electron chi connectivity index (χ1n) is 10.7. The number of ether oxygens (including phenoxy) is 1. The molecule has 1 amide bonds. The number of para-hydroxylation sites is 1. The number of Topliss-reactive ketones (excluding diaryl/α,β-unsaturated/α-hetero) is 1. The van der Waals surface area contributed by atoms with Crippen LogP contribution in [0, 0.1) is 0 Å². The van der Waals surface area contributed by atoms with Crippen molar-refractivity contribution < 1.29 is 19.4 Å². The maximum absolute atomic E-state index is 13.2. The molecule has 4 rings (SSSR count). The lowest BCUT2D eigenvalue weighted by atomic mass is 9.95. The number of hydrogen-bond donors (Lipinski definition) is 1. The number of aliphatic hydroxyl groups excluding tert-OH is 1. The highest BCUT2D eigenvalue weighted by Crippen LogP contribution is 2.41. The average Bonchev–Trinajstić information content (AvgIpc) is 3.09. The zero-order valence-electron chi connectivity index (χ0n) is 18.9. The molecule has 1 unspecified atom stereocenters. The molecule has 168 valence electrons. The largest absolute Gasteiger partial charge is 0.507 e. The van der Waals surface area contributed by atoms with Crippen molar-refractivity contribution in [3.05, 3.63) is 101 Å². The van der Waals surface area contributed by atoms with Gasteiger partial charge in [0.2, 0.25) is 0 Å². The molecule has 0 saturated carbocycles. The lowest BCUT2D eigenvalue weighted by Crippen LogP contribution is -2.29. The summed E-state index contributed by atoms with van der Waals surface area (Å²) in [4.78, 5) is 29.9. The maximum Gasteiger partial charge on any atom is 0.295 e. The van der Waals surface area contributed by atoms with Crippen molar-refractivity contribution >= 4 is 23.1 Å². The molecule has 0 bridgehead atoms. The van der Waals surface area contributed by atoms with E-state index in [-0.39, 0.29) is 17.9 Å². The number of likely N-dealkylation sites (tertiary alicyclic amines) is 1. The van der Waals surface area contributed by atoms with Gasteiger partial charge in [-0.3, -0.25) is 9.59 Å². The Bertz CT molecular complexity index is 1200. The van der Waals surface area contributed by atoms with Crippen LogP contribution in [0.1, 0.15) is 22.7 Å². The SMILES string of the molecule is COc1ccccc1CN1C(=O)C(=O)/C(=C(\O)c2ccccc2)C1c1ccc(N(C)C)cc1. The molecular formula is C27H26N2O4. The molecule has 3 aromatic carbocycles. The second kappa shape index (κ2) is 9.20. The number of amides is 1. The number of benzene rings is 3. The predicted octanol–water partition coefficient (Wildman–Crippen LogP) is 4.38. The summed E-state index contributed by atoms with van der Waals surface area (Å²) in [5, 5.41) is 11.1. The van der Waals surface area contributed by atoms with E-state index in [2.05, 4.69) is 0 Å². The second-order valence-electron chi connectivity index (χ2n) is 8.09. The zero-order chi connectivity index (χ0) is 23.5. The van der Waals surface area contributed by atoms with Crippen LogP contribution in [-0.4, -0.2) is 42.9 Å². The molecule has 1 N–H and O–H groups in total. The Balaban J connectivity index is 1.86. The number of carbonyl (C=O) groups excluding carboxylic acids is 2. The van der Waals surface area contributed by atoms with Crippen molar-refractivity contribution in [2.24, 2.45) is 0 Å². The van der Waals surface area contributed by atoms with Gasteiger partial charge in [-0.2, -0.15) is 0 Å². The van der Waals surface area contributed by atoms with E-state index in [0.717, 1.165) is 16.8 Å². The lowest BCUT2D eigenvalue weighted by molar-refractivity contribution is -0.140. The summed E-state index contributed by atoms with van der Waals surface area (Å²) in [7, 11) is 5.45. The van der Waals surface area contributed by atoms with Crippen LogP contribution in [0.25, 0.3) is 5.76 Å². The lowest BCUT2D eigenvalue weighted by Gasteiger charge is -2.26. The number of methoxy groups -OCH3 is 1. The molecule has 6 heteroatoms. The van der Waals surface area contributed by atoms with Crippen LogP contribution in [0.2, 0.25) is 0 Å². The molecule has 1 aliphatic heterocycles. The molecule has 3 aromatic rings. The van der Waals surface area contributed by atoms with Gasteiger partial charge in [-0.15, -0.1) is 0 Å². The van der Waals surface area contributed by atoms with E-state index in [1.54, 1.807) is 31.4 Å². The minimum atomic E-state index is -0.730. The highest BCUT2D eigenvalue weighted by Gasteiger charge is 2.46. The fourth-order valence-corrected chi connectivity index (χ4v) is 4.11. The minimum Gasteiger partial charge on any atom is -0.507 e. The maximum atomic E-state index is 13.2. The first-order valence-corrected chi connectivity index (χ1v) is 10.7. The molecule has 0 aromatic heterocycles. The summed E-state index contributed by atoms with van der Waals surface area (Å²) in [6.07, 6.45) is 0. The molecule has 33 heavy (non-hydrogen) atoms. The number of ketones is 1. The smallest absolute Gasteiger partial charge is 0.295 e. The van der Waals surface area contributed by atoms with Gasteiger partial charge in [-0.1, -0.05) is 60.7 Å². The number of anilines is 1. The molecule has 1 atom stereocenters. The average molecular weight is 443 g/mol. The number of hydrogen-bond acceptors (Lipinski definition) is 5. The van der Waals surface area contributed by atoms with E-state index in [1.807, 2.05) is 73.6 Å². The van der Waals surface area contributed by atoms with Crippen molar-refractivity contribution in [2.75, 3.05) is 26.1 Å². The van der Waals surface area contributed by atoms with Crippen molar-refractivity contribution in [3.63, 3.8) is 0 Å². The van der Waals surface area contributed by atoms with Gasteiger partial charge in [-0.05, 0) is 23.8 Å². The fraction of sp³-hybridized carbons (Fsp3) is 0.185. The Morgan fingerprint density at radius 2 is 1.58 bits per heavy atom. The zero-order valence-corrected chi connectivity index (χ0v) is 18.9. The van der Waals surface area contributed by atoms with Gasteiger partial charge >= 0.3 is 0 Å². The van der Waals surface area contributed by atoms with Crippen molar-refractivity contribution in [1.82, 2.24) is 4.90 Å². The van der Waals surface area contributed by atoms with Crippen LogP contribution in [0.4, 0.5) is 5.69 Å². The Morgan fingerprint density at radius 1 is 0.939 bits per heavy atom. The highest BCUT2D eigenvalue weighted by atomic mass is 16.5. The number of rotatable bonds is 6. The summed E-state index contributed by atoms with van der Waals surface area (Å²) in [5.41, 5.74) is 3.08. The standard InChI is InChI=1S/C27H26N2O4/c1-28(2)21-15-13-18(14-16-21)24-23(25(30)19-9-5-4-6-10-19)26(31)27(32)29(24)17-20-11-7-8-12-22(20)33-3/h4-16,24,30H,17H2,1-3H3/b25-23-. The number of nitrogens with zero attached hydrogens (tertiary/aromatic N) is 2. The van der Waals surface area contributed by atoms with Gasteiger partial charge in [0.25, 0.3) is 11.7 Å². The van der Waals surface area contributed by atoms with Crippen LogP contribution in [0.3, 0.4) is 0 Å². The number of carbonyl (C=O) groups is 2. The quantitative estimate of drug-likeness (QED) is 0.349. The van der Waals surface area contributed by atoms with Crippen LogP contribution in [-0.2, 0) is 16.1 Å². The fourth-order valence-electron chi connectivity index (χ4n) is 4.11. The summed E-state index contributed by atoms with van der Waals surface area (Å²) >= 11 is 0. The Kier molecular flexibility index (Phi) is 6.18. The molecule has 1 saturated heterocycles. The molecule has 0 radical (unpaired) electrons. The third-order valence-electron chi connectivity index (χ3n) is 5.85. The van der Waals surface area contributed by atoms with Crippen LogP contribution in [0.15, 0.2) is 84.4 Å². The first kappa shape index (κ1) is 22.1. The summed E-state index contributed by atoms with van der Waals surface area (Å²) in [6, 6.07) is 23.1. The van der Waals surface area contributed by atoms with Gasteiger partial charge in [0.1, 0.15) is 11.5 Å². The number of aliphatic hydroxyl groups is 1. The molecular weight excluding hydrogens is 416 g/mol. The Labute approximate surface area is 193 Å². The normalized spacial score (nSPS) is 17.3. The van der Waals surface area contributed by atoms with E-state index < -0.39 is 17.7 Å². The van der Waals surface area contributed by atoms with E-state index in [4.69, 9.17) is 4.74 Å². The molecule has 1 heterocycles. The predicted molar refractivity (Wildman–Crippen MR) is 128 cm³/mol. The summed E-state index contributed by atoms with van der Waals surface area (Å²) < 4.78 is 5.45. The summed E-state index contributed by atoms with van der Waals surface area (Å²) in [5.74, 6) is -0.907. The molecule has 1 aliphatic rings. The minimum absolute atomic E-state index is 0.0821. The van der Waals surface area contributed by atoms with Crippen molar-refractivity contribution in [1.29, 1.82) is 0 Å². The van der Waals surface area contributed by atoms with Crippen molar-refractivity contribution in [2.45, 2.75) is 12.6 Å². The van der Waals surface area contributed by atoms with Gasteiger partial charge in [0.05, 0.1) is 25.3 Å². The highest BCUT2D eigenvalue weighted by molar-refractivity contribution is 6.46. The van der Waals surface area contributed by atoms with Gasteiger partial charge in [0.15, 0.2) is 0 Å². The first-order chi connectivity index (χ1) is 15.9. The Morgan fingerprint density at radius 3 is 2.21 bits per heavy atom. The molecule has 0 spiro atoms. The monoisotopic (exact) mass is 442 g/mol. The molecule has 0 aliphatic carbocycles. The third kappa shape index (κ3) is 4.20. The second-order valence-corrected chi connectivity index (χ2v) is 8.09. The van der Waals surface area contributed by atoms with E-state index >= 15 is 0 Å². The van der Waals surface area contributed by atoms with E-state index in [9.17, 15) is 14.7 Å². The van der Waals surface area contributed by atoms with Crippen molar-refractivity contribution in [3.8, 4) is 5.75 Å². The van der Waals surface area contributed by atoms with Gasteiger partial charge < -0.3 is 19.6 Å².